The molecule has 2 N–H and O–H groups in total. The maximum Gasteiger partial charge on any atom is 0.267 e. The predicted molar refractivity (Wildman–Crippen MR) is 95.7 cm³/mol. The summed E-state index contributed by atoms with van der Waals surface area (Å²) in [7, 11) is 0. The van der Waals surface area contributed by atoms with Gasteiger partial charge in [-0.25, -0.2) is 0 Å². The molecule has 6 nitrogen and oxygen atoms in total. The van der Waals surface area contributed by atoms with Crippen LogP contribution in [0, 0.1) is 0 Å². The van der Waals surface area contributed by atoms with E-state index in [2.05, 4.69) is 24.1 Å². The molecule has 0 atom stereocenters. The maximum atomic E-state index is 12.6. The van der Waals surface area contributed by atoms with Gasteiger partial charge in [0.1, 0.15) is 11.3 Å². The van der Waals surface area contributed by atoms with E-state index in [4.69, 9.17) is 0 Å². The van der Waals surface area contributed by atoms with Gasteiger partial charge in [-0.1, -0.05) is 26.0 Å². The smallest absolute Gasteiger partial charge is 0.267 e. The molecule has 0 aliphatic rings. The minimum absolute atomic E-state index is 0.185. The number of aromatic nitrogens is 1. The van der Waals surface area contributed by atoms with Gasteiger partial charge in [0, 0.05) is 25.0 Å². The van der Waals surface area contributed by atoms with Crippen molar-refractivity contribution in [2.24, 2.45) is 0 Å². The summed E-state index contributed by atoms with van der Waals surface area (Å²) in [6.07, 6.45) is 0. The van der Waals surface area contributed by atoms with Crippen LogP contribution in [0.3, 0.4) is 0 Å². The molecule has 0 saturated carbocycles. The van der Waals surface area contributed by atoms with Gasteiger partial charge < -0.3 is 19.9 Å². The van der Waals surface area contributed by atoms with Crippen molar-refractivity contribution in [3.8, 4) is 5.75 Å². The van der Waals surface area contributed by atoms with E-state index in [0.717, 1.165) is 13.1 Å². The number of benzene rings is 1. The third kappa shape index (κ3) is 3.43. The molecule has 0 aliphatic heterocycles. The van der Waals surface area contributed by atoms with Crippen molar-refractivity contribution in [1.82, 2.24) is 14.8 Å². The number of carbonyl (C=O) groups is 1. The van der Waals surface area contributed by atoms with Crippen molar-refractivity contribution in [1.29, 1.82) is 0 Å². The molecule has 130 valence electrons. The molecule has 0 radical (unpaired) electrons. The Morgan fingerprint density at radius 2 is 1.88 bits per heavy atom. The number of aromatic hydroxyl groups is 1. The molecule has 0 fully saturated rings. The van der Waals surface area contributed by atoms with Gasteiger partial charge in [0.25, 0.3) is 11.5 Å². The average Bonchev–Trinajstić information content (AvgIpc) is 2.59. The average molecular weight is 331 g/mol. The lowest BCUT2D eigenvalue weighted by molar-refractivity contribution is 0.0944. The van der Waals surface area contributed by atoms with Gasteiger partial charge in [0.2, 0.25) is 0 Å². The Balaban J connectivity index is 2.34. The van der Waals surface area contributed by atoms with Crippen LogP contribution >= 0.6 is 0 Å². The number of carbonyl (C=O) groups excluding carboxylic acids is 1. The predicted octanol–water partition coefficient (Wildman–Crippen LogP) is 1.80. The SMILES string of the molecule is CCN(CC)CCNC(=O)c1c(O)c2ccccc2n(CC)c1=O. The zero-order valence-electron chi connectivity index (χ0n) is 14.5. The van der Waals surface area contributed by atoms with Crippen molar-refractivity contribution in [3.63, 3.8) is 0 Å². The van der Waals surface area contributed by atoms with Gasteiger partial charge >= 0.3 is 0 Å². The first kappa shape index (κ1) is 18.0. The molecule has 1 amide bonds. The first-order chi connectivity index (χ1) is 11.5. The van der Waals surface area contributed by atoms with Gasteiger partial charge in [-0.3, -0.25) is 9.59 Å². The first-order valence-corrected chi connectivity index (χ1v) is 8.40. The van der Waals surface area contributed by atoms with E-state index in [0.29, 0.717) is 30.5 Å². The number of nitrogens with zero attached hydrogens (tertiary/aromatic N) is 2. The molecular weight excluding hydrogens is 306 g/mol. The molecule has 24 heavy (non-hydrogen) atoms. The number of likely N-dealkylation sites (N-methyl/N-ethyl adjacent to an activating group) is 1. The molecule has 0 spiro atoms. The quantitative estimate of drug-likeness (QED) is 0.811. The number of hydrogen-bond donors (Lipinski definition) is 2. The van der Waals surface area contributed by atoms with E-state index < -0.39 is 11.5 Å². The Morgan fingerprint density at radius 1 is 1.21 bits per heavy atom. The van der Waals surface area contributed by atoms with Crippen LogP contribution in [0.2, 0.25) is 0 Å². The summed E-state index contributed by atoms with van der Waals surface area (Å²) in [5, 5.41) is 13.7. The fourth-order valence-electron chi connectivity index (χ4n) is 2.86. The minimum Gasteiger partial charge on any atom is -0.506 e. The largest absolute Gasteiger partial charge is 0.506 e. The summed E-state index contributed by atoms with van der Waals surface area (Å²) in [5.41, 5.74) is -0.0219. The number of amides is 1. The number of hydrogen-bond acceptors (Lipinski definition) is 4. The van der Waals surface area contributed by atoms with Crippen molar-refractivity contribution in [2.45, 2.75) is 27.3 Å². The third-order valence-corrected chi connectivity index (χ3v) is 4.30. The van der Waals surface area contributed by atoms with Crippen LogP contribution in [0.5, 0.6) is 5.75 Å². The van der Waals surface area contributed by atoms with Gasteiger partial charge in [0.15, 0.2) is 0 Å². The Bertz CT molecular complexity index is 779. The number of fused-ring (bicyclic) bond motifs is 1. The molecule has 1 aromatic heterocycles. The second-order valence-corrected chi connectivity index (χ2v) is 5.57. The second kappa shape index (κ2) is 7.97. The van der Waals surface area contributed by atoms with Crippen LogP contribution in [0.15, 0.2) is 29.1 Å². The highest BCUT2D eigenvalue weighted by Gasteiger charge is 2.21. The molecule has 2 rings (SSSR count). The Labute approximate surface area is 141 Å². The lowest BCUT2D eigenvalue weighted by Gasteiger charge is -2.18. The fraction of sp³-hybridized carbons (Fsp3) is 0.444. The number of nitrogens with one attached hydrogen (secondary N) is 1. The molecule has 1 aromatic carbocycles. The number of pyridine rings is 1. The Morgan fingerprint density at radius 3 is 2.50 bits per heavy atom. The highest BCUT2D eigenvalue weighted by atomic mass is 16.3. The molecule has 0 aliphatic carbocycles. The van der Waals surface area contributed by atoms with Crippen molar-refractivity contribution in [3.05, 3.63) is 40.2 Å². The van der Waals surface area contributed by atoms with Crippen LogP contribution in [0.1, 0.15) is 31.1 Å². The molecule has 2 aromatic rings. The van der Waals surface area contributed by atoms with E-state index in [1.807, 2.05) is 6.92 Å². The summed E-state index contributed by atoms with van der Waals surface area (Å²) in [5.74, 6) is -0.779. The lowest BCUT2D eigenvalue weighted by atomic mass is 10.1. The van der Waals surface area contributed by atoms with E-state index in [-0.39, 0.29) is 11.3 Å². The van der Waals surface area contributed by atoms with Crippen LogP contribution in [-0.4, -0.2) is 46.7 Å². The number of para-hydroxylation sites is 1. The highest BCUT2D eigenvalue weighted by Crippen LogP contribution is 2.26. The van der Waals surface area contributed by atoms with Gasteiger partial charge in [0.05, 0.1) is 5.52 Å². The lowest BCUT2D eigenvalue weighted by Crippen LogP contribution is -2.38. The molecule has 0 saturated heterocycles. The van der Waals surface area contributed by atoms with Crippen LogP contribution in [-0.2, 0) is 6.54 Å². The number of aryl methyl sites for hydroxylation is 1. The summed E-state index contributed by atoms with van der Waals surface area (Å²) in [6, 6.07) is 7.05. The van der Waals surface area contributed by atoms with E-state index in [1.165, 1.54) is 4.57 Å². The summed E-state index contributed by atoms with van der Waals surface area (Å²) < 4.78 is 1.51. The van der Waals surface area contributed by atoms with Crippen LogP contribution in [0.4, 0.5) is 0 Å². The maximum absolute atomic E-state index is 12.6. The highest BCUT2D eigenvalue weighted by molar-refractivity contribution is 6.02. The first-order valence-electron chi connectivity index (χ1n) is 8.40. The van der Waals surface area contributed by atoms with Gasteiger partial charge in [-0.2, -0.15) is 0 Å². The fourth-order valence-corrected chi connectivity index (χ4v) is 2.86. The van der Waals surface area contributed by atoms with Crippen molar-refractivity contribution in [2.75, 3.05) is 26.2 Å². The minimum atomic E-state index is -0.530. The molecule has 6 heteroatoms. The Kier molecular flexibility index (Phi) is 5.98. The third-order valence-electron chi connectivity index (χ3n) is 4.30. The van der Waals surface area contributed by atoms with Gasteiger partial charge in [-0.05, 0) is 32.1 Å². The van der Waals surface area contributed by atoms with E-state index >= 15 is 0 Å². The standard InChI is InChI=1S/C18H25N3O3/c1-4-20(5-2)12-11-19-17(23)15-16(22)13-9-7-8-10-14(13)21(6-3)18(15)24/h7-10,22H,4-6,11-12H2,1-3H3,(H,19,23). The molecule has 0 bridgehead atoms. The van der Waals surface area contributed by atoms with E-state index in [1.54, 1.807) is 24.3 Å². The van der Waals surface area contributed by atoms with Crippen molar-refractivity contribution < 1.29 is 9.90 Å². The Hall–Kier alpha value is -2.34. The molecule has 1 heterocycles. The van der Waals surface area contributed by atoms with Gasteiger partial charge in [-0.15, -0.1) is 0 Å². The summed E-state index contributed by atoms with van der Waals surface area (Å²) in [6.45, 7) is 9.31. The topological polar surface area (TPSA) is 74.6 Å². The summed E-state index contributed by atoms with van der Waals surface area (Å²) in [4.78, 5) is 27.2. The van der Waals surface area contributed by atoms with Crippen molar-refractivity contribution >= 4 is 16.8 Å². The monoisotopic (exact) mass is 331 g/mol. The van der Waals surface area contributed by atoms with E-state index in [9.17, 15) is 14.7 Å². The van der Waals surface area contributed by atoms with Crippen LogP contribution < -0.4 is 10.9 Å². The summed E-state index contributed by atoms with van der Waals surface area (Å²) >= 11 is 0. The van der Waals surface area contributed by atoms with Crippen LogP contribution in [0.25, 0.3) is 10.9 Å². The normalized spacial score (nSPS) is 11.2. The molecule has 0 unspecified atom stereocenters. The molecular formula is C18H25N3O3. The zero-order chi connectivity index (χ0) is 17.7. The second-order valence-electron chi connectivity index (χ2n) is 5.57. The zero-order valence-corrected chi connectivity index (χ0v) is 14.5. The number of rotatable bonds is 7.